The topological polar surface area (TPSA) is 61.8 Å². The summed E-state index contributed by atoms with van der Waals surface area (Å²) in [5.74, 6) is 0.356. The molecule has 0 aromatic carbocycles. The molecule has 0 saturated carbocycles. The fourth-order valence-corrected chi connectivity index (χ4v) is 2.09. The molecule has 1 heterocycles. The van der Waals surface area contributed by atoms with Crippen molar-refractivity contribution in [1.29, 1.82) is 0 Å². The van der Waals surface area contributed by atoms with Gasteiger partial charge in [-0.05, 0) is 6.42 Å². The fraction of sp³-hybridized carbons (Fsp3) is 0.800. The predicted octanol–water partition coefficient (Wildman–Crippen LogP) is 1.31. The zero-order valence-corrected chi connectivity index (χ0v) is 10.2. The molecule has 1 aliphatic heterocycles. The molecule has 0 aromatic rings. The van der Waals surface area contributed by atoms with Crippen molar-refractivity contribution in [1.82, 2.24) is 0 Å². The largest absolute Gasteiger partial charge is 0.422 e. The highest BCUT2D eigenvalue weighted by Gasteiger charge is 2.31. The molecule has 2 atom stereocenters. The number of hydrogen-bond acceptors (Lipinski definition) is 6. The van der Waals surface area contributed by atoms with E-state index in [1.807, 2.05) is 6.92 Å². The Kier molecular flexibility index (Phi) is 5.62. The summed E-state index contributed by atoms with van der Waals surface area (Å²) in [4.78, 5) is 22.2. The molecule has 1 saturated heterocycles. The lowest BCUT2D eigenvalue weighted by Crippen LogP contribution is -2.36. The van der Waals surface area contributed by atoms with Crippen LogP contribution < -0.4 is 0 Å². The third-order valence-corrected chi connectivity index (χ3v) is 2.80. The first kappa shape index (κ1) is 13.3. The summed E-state index contributed by atoms with van der Waals surface area (Å²) in [6.07, 6.45) is -0.245. The van der Waals surface area contributed by atoms with Gasteiger partial charge in [-0.3, -0.25) is 9.59 Å². The van der Waals surface area contributed by atoms with Gasteiger partial charge in [0.25, 0.3) is 6.29 Å². The van der Waals surface area contributed by atoms with E-state index in [1.165, 1.54) is 6.92 Å². The maximum Gasteiger partial charge on any atom is 0.308 e. The molecule has 0 aromatic heterocycles. The lowest BCUT2D eigenvalue weighted by Gasteiger charge is -2.21. The number of rotatable bonds is 5. The lowest BCUT2D eigenvalue weighted by molar-refractivity contribution is -0.205. The van der Waals surface area contributed by atoms with Crippen LogP contribution in [0.4, 0.5) is 0 Å². The lowest BCUT2D eigenvalue weighted by atomic mass is 10.3. The maximum atomic E-state index is 11.3. The highest BCUT2D eigenvalue weighted by molar-refractivity contribution is 7.99. The normalized spacial score (nSPS) is 21.5. The second-order valence-corrected chi connectivity index (χ2v) is 4.39. The van der Waals surface area contributed by atoms with Crippen LogP contribution in [0, 0.1) is 0 Å². The average Bonchev–Trinajstić information content (AvgIpc) is 2.68. The Hall–Kier alpha value is -0.750. The van der Waals surface area contributed by atoms with E-state index in [0.29, 0.717) is 24.5 Å². The highest BCUT2D eigenvalue weighted by atomic mass is 32.2. The van der Waals surface area contributed by atoms with E-state index in [4.69, 9.17) is 14.2 Å². The van der Waals surface area contributed by atoms with E-state index >= 15 is 0 Å². The summed E-state index contributed by atoms with van der Waals surface area (Å²) in [6, 6.07) is 0. The molecule has 0 spiro atoms. The molecule has 0 bridgehead atoms. The van der Waals surface area contributed by atoms with Crippen molar-refractivity contribution < 1.29 is 23.8 Å². The fourth-order valence-electron chi connectivity index (χ4n) is 1.24. The molecule has 0 radical (unpaired) electrons. The molecule has 0 aliphatic carbocycles. The van der Waals surface area contributed by atoms with Crippen LogP contribution in [0.2, 0.25) is 0 Å². The van der Waals surface area contributed by atoms with Crippen LogP contribution in [0.5, 0.6) is 0 Å². The first-order chi connectivity index (χ1) is 7.63. The smallest absolute Gasteiger partial charge is 0.308 e. The molecule has 0 N–H and O–H groups in total. The van der Waals surface area contributed by atoms with Gasteiger partial charge in [0.15, 0.2) is 0 Å². The van der Waals surface area contributed by atoms with E-state index in [2.05, 4.69) is 0 Å². The molecule has 1 rings (SSSR count). The SMILES string of the molecule is CCCC(=O)OC(OC(C)=O)C1CSCO1. The summed E-state index contributed by atoms with van der Waals surface area (Å²) < 4.78 is 15.3. The van der Waals surface area contributed by atoms with Crippen molar-refractivity contribution in [3.63, 3.8) is 0 Å². The molecular formula is C10H16O5S. The minimum Gasteiger partial charge on any atom is -0.422 e. The van der Waals surface area contributed by atoms with Gasteiger partial charge in [0.1, 0.15) is 6.10 Å². The van der Waals surface area contributed by atoms with Crippen LogP contribution in [0.15, 0.2) is 0 Å². The Bertz CT molecular complexity index is 250. The Morgan fingerprint density at radius 1 is 1.50 bits per heavy atom. The van der Waals surface area contributed by atoms with Crippen molar-refractivity contribution >= 4 is 23.7 Å². The van der Waals surface area contributed by atoms with Crippen molar-refractivity contribution in [2.24, 2.45) is 0 Å². The summed E-state index contributed by atoms with van der Waals surface area (Å²) in [5, 5.41) is 0. The summed E-state index contributed by atoms with van der Waals surface area (Å²) >= 11 is 1.57. The van der Waals surface area contributed by atoms with E-state index in [9.17, 15) is 9.59 Å². The Balaban J connectivity index is 2.48. The Morgan fingerprint density at radius 2 is 2.25 bits per heavy atom. The van der Waals surface area contributed by atoms with E-state index in [1.54, 1.807) is 11.8 Å². The molecule has 92 valence electrons. The van der Waals surface area contributed by atoms with E-state index in [-0.39, 0.29) is 12.1 Å². The van der Waals surface area contributed by atoms with Crippen LogP contribution in [-0.2, 0) is 23.8 Å². The first-order valence-corrected chi connectivity index (χ1v) is 6.35. The number of carbonyl (C=O) groups is 2. The average molecular weight is 248 g/mol. The molecule has 1 fully saturated rings. The van der Waals surface area contributed by atoms with Crippen LogP contribution in [0.1, 0.15) is 26.7 Å². The number of thioether (sulfide) groups is 1. The minimum absolute atomic E-state index is 0.317. The summed E-state index contributed by atoms with van der Waals surface area (Å²) in [5.41, 5.74) is 0. The van der Waals surface area contributed by atoms with Crippen LogP contribution >= 0.6 is 11.8 Å². The second-order valence-electron chi connectivity index (χ2n) is 3.41. The Morgan fingerprint density at radius 3 is 2.75 bits per heavy atom. The zero-order chi connectivity index (χ0) is 12.0. The zero-order valence-electron chi connectivity index (χ0n) is 9.43. The molecule has 16 heavy (non-hydrogen) atoms. The van der Waals surface area contributed by atoms with Crippen molar-refractivity contribution in [3.8, 4) is 0 Å². The number of carbonyl (C=O) groups excluding carboxylic acids is 2. The first-order valence-electron chi connectivity index (χ1n) is 5.19. The quantitative estimate of drug-likeness (QED) is 0.540. The molecule has 5 nitrogen and oxygen atoms in total. The van der Waals surface area contributed by atoms with Crippen LogP contribution in [-0.4, -0.2) is 36.0 Å². The van der Waals surface area contributed by atoms with Crippen LogP contribution in [0.3, 0.4) is 0 Å². The maximum absolute atomic E-state index is 11.3. The summed E-state index contributed by atoms with van der Waals surface area (Å²) in [6.45, 7) is 3.16. The number of esters is 2. The van der Waals surface area contributed by atoms with E-state index in [0.717, 1.165) is 0 Å². The van der Waals surface area contributed by atoms with Gasteiger partial charge in [-0.2, -0.15) is 0 Å². The monoisotopic (exact) mass is 248 g/mol. The standard InChI is InChI=1S/C10H16O5S/c1-3-4-9(12)15-10(14-7(2)11)8-5-16-6-13-8/h8,10H,3-6H2,1-2H3. The van der Waals surface area contributed by atoms with Crippen molar-refractivity contribution in [2.75, 3.05) is 11.7 Å². The third-order valence-electron chi connectivity index (χ3n) is 1.93. The van der Waals surface area contributed by atoms with Crippen molar-refractivity contribution in [2.45, 2.75) is 39.1 Å². The second kappa shape index (κ2) is 6.75. The molecular weight excluding hydrogens is 232 g/mol. The highest BCUT2D eigenvalue weighted by Crippen LogP contribution is 2.21. The van der Waals surface area contributed by atoms with Gasteiger partial charge in [0, 0.05) is 19.1 Å². The number of hydrogen-bond donors (Lipinski definition) is 0. The van der Waals surface area contributed by atoms with Gasteiger partial charge in [0.05, 0.1) is 5.94 Å². The predicted molar refractivity (Wildman–Crippen MR) is 58.8 cm³/mol. The summed E-state index contributed by atoms with van der Waals surface area (Å²) in [7, 11) is 0. The van der Waals surface area contributed by atoms with Gasteiger partial charge < -0.3 is 14.2 Å². The Labute approximate surface area is 98.8 Å². The molecule has 0 amide bonds. The van der Waals surface area contributed by atoms with Gasteiger partial charge in [0.2, 0.25) is 0 Å². The third kappa shape index (κ3) is 4.40. The van der Waals surface area contributed by atoms with Crippen LogP contribution in [0.25, 0.3) is 0 Å². The van der Waals surface area contributed by atoms with E-state index < -0.39 is 12.3 Å². The van der Waals surface area contributed by atoms with Gasteiger partial charge in [-0.15, -0.1) is 11.8 Å². The number of ether oxygens (including phenoxy) is 3. The molecule has 1 aliphatic rings. The van der Waals surface area contributed by atoms with Gasteiger partial charge >= 0.3 is 11.9 Å². The van der Waals surface area contributed by atoms with Crippen molar-refractivity contribution in [3.05, 3.63) is 0 Å². The molecule has 6 heteroatoms. The van der Waals surface area contributed by atoms with Gasteiger partial charge in [-0.1, -0.05) is 6.92 Å². The van der Waals surface area contributed by atoms with Gasteiger partial charge in [-0.25, -0.2) is 0 Å². The molecule has 2 unspecified atom stereocenters. The minimum atomic E-state index is -0.911.